The van der Waals surface area contributed by atoms with Crippen molar-refractivity contribution in [2.75, 3.05) is 26.7 Å². The number of halogens is 3. The number of allylic oxidation sites excluding steroid dienone is 2. The smallest absolute Gasteiger partial charge is 0.373 e. The summed E-state index contributed by atoms with van der Waals surface area (Å²) >= 11 is 0. The van der Waals surface area contributed by atoms with Crippen LogP contribution >= 0.6 is 0 Å². The van der Waals surface area contributed by atoms with Crippen molar-refractivity contribution >= 4 is 11.4 Å². The van der Waals surface area contributed by atoms with Gasteiger partial charge in [0.1, 0.15) is 11.5 Å². The molecule has 0 amide bonds. The van der Waals surface area contributed by atoms with E-state index < -0.39 is 11.9 Å². The van der Waals surface area contributed by atoms with Crippen molar-refractivity contribution in [3.63, 3.8) is 0 Å². The molecule has 1 unspecified atom stereocenters. The second kappa shape index (κ2) is 9.51. The SMILES string of the molecule is C=C(C(=N)/C=C1/N=C(C(F)(F)F)C=CN1)N(C)CC(C)CN1CCc2ccccc2C1. The average Bonchev–Trinajstić information content (AvgIpc) is 2.72. The van der Waals surface area contributed by atoms with Crippen LogP contribution in [0.5, 0.6) is 0 Å². The summed E-state index contributed by atoms with van der Waals surface area (Å²) in [6, 6.07) is 8.52. The predicted octanol–water partition coefficient (Wildman–Crippen LogP) is 4.11. The molecule has 31 heavy (non-hydrogen) atoms. The van der Waals surface area contributed by atoms with E-state index >= 15 is 0 Å². The van der Waals surface area contributed by atoms with E-state index in [0.717, 1.165) is 32.1 Å². The molecular formula is C23H28F3N5. The third-order valence-corrected chi connectivity index (χ3v) is 5.42. The highest BCUT2D eigenvalue weighted by molar-refractivity contribution is 6.06. The summed E-state index contributed by atoms with van der Waals surface area (Å²) in [6.07, 6.45) is -0.188. The summed E-state index contributed by atoms with van der Waals surface area (Å²) in [4.78, 5) is 7.84. The first-order valence-corrected chi connectivity index (χ1v) is 10.2. The second-order valence-electron chi connectivity index (χ2n) is 8.10. The van der Waals surface area contributed by atoms with Crippen LogP contribution in [0.2, 0.25) is 0 Å². The molecule has 0 saturated heterocycles. The zero-order valence-corrected chi connectivity index (χ0v) is 17.8. The van der Waals surface area contributed by atoms with Crippen LogP contribution in [0.15, 0.2) is 65.7 Å². The van der Waals surface area contributed by atoms with Gasteiger partial charge in [0.05, 0.1) is 11.4 Å². The minimum absolute atomic E-state index is 0.0182. The molecule has 0 radical (unpaired) electrons. The number of nitrogens with zero attached hydrogens (tertiary/aromatic N) is 3. The fourth-order valence-corrected chi connectivity index (χ4v) is 3.85. The summed E-state index contributed by atoms with van der Waals surface area (Å²) in [5, 5.41) is 10.9. The number of alkyl halides is 3. The fourth-order valence-electron chi connectivity index (χ4n) is 3.85. The van der Waals surface area contributed by atoms with Gasteiger partial charge in [-0.1, -0.05) is 37.8 Å². The molecule has 5 nitrogen and oxygen atoms in total. The Morgan fingerprint density at radius 2 is 2.06 bits per heavy atom. The minimum atomic E-state index is -4.53. The summed E-state index contributed by atoms with van der Waals surface area (Å²) in [5.74, 6) is 0.299. The lowest BCUT2D eigenvalue weighted by molar-refractivity contribution is -0.0578. The van der Waals surface area contributed by atoms with E-state index in [1.165, 1.54) is 23.4 Å². The molecule has 1 aromatic rings. The number of fused-ring (bicyclic) bond motifs is 1. The van der Waals surface area contributed by atoms with Crippen molar-refractivity contribution < 1.29 is 13.2 Å². The van der Waals surface area contributed by atoms with E-state index in [4.69, 9.17) is 5.41 Å². The molecule has 8 heteroatoms. The predicted molar refractivity (Wildman–Crippen MR) is 118 cm³/mol. The van der Waals surface area contributed by atoms with Gasteiger partial charge in [-0.2, -0.15) is 13.2 Å². The van der Waals surface area contributed by atoms with Gasteiger partial charge in [0.2, 0.25) is 0 Å². The summed E-state index contributed by atoms with van der Waals surface area (Å²) in [7, 11) is 1.84. The van der Waals surface area contributed by atoms with Crippen molar-refractivity contribution in [2.45, 2.75) is 26.1 Å². The van der Waals surface area contributed by atoms with Gasteiger partial charge in [-0.15, -0.1) is 0 Å². The Kier molecular flexibility index (Phi) is 7.00. The number of benzene rings is 1. The zero-order chi connectivity index (χ0) is 22.6. The lowest BCUT2D eigenvalue weighted by Gasteiger charge is -2.32. The molecule has 1 aromatic carbocycles. The number of aliphatic imine (C=N–C) groups is 1. The Morgan fingerprint density at radius 3 is 2.77 bits per heavy atom. The summed E-state index contributed by atoms with van der Waals surface area (Å²) in [5.41, 5.74) is 2.25. The van der Waals surface area contributed by atoms with Crippen molar-refractivity contribution in [1.82, 2.24) is 15.1 Å². The van der Waals surface area contributed by atoms with E-state index in [-0.39, 0.29) is 11.5 Å². The maximum absolute atomic E-state index is 12.8. The van der Waals surface area contributed by atoms with Crippen LogP contribution in [0.25, 0.3) is 0 Å². The number of hydrogen-bond acceptors (Lipinski definition) is 5. The van der Waals surface area contributed by atoms with Crippen LogP contribution in [0.1, 0.15) is 18.1 Å². The topological polar surface area (TPSA) is 54.7 Å². The second-order valence-corrected chi connectivity index (χ2v) is 8.10. The maximum atomic E-state index is 12.8. The zero-order valence-electron chi connectivity index (χ0n) is 17.8. The van der Waals surface area contributed by atoms with E-state index in [9.17, 15) is 13.2 Å². The summed E-state index contributed by atoms with van der Waals surface area (Å²) < 4.78 is 38.5. The van der Waals surface area contributed by atoms with Gasteiger partial charge < -0.3 is 10.2 Å². The first-order chi connectivity index (χ1) is 14.6. The molecule has 0 aromatic heterocycles. The lowest BCUT2D eigenvalue weighted by Crippen LogP contribution is -2.37. The van der Waals surface area contributed by atoms with Gasteiger partial charge in [-0.3, -0.25) is 10.3 Å². The molecule has 2 aliphatic heterocycles. The highest BCUT2D eigenvalue weighted by atomic mass is 19.4. The Morgan fingerprint density at radius 1 is 1.35 bits per heavy atom. The Bertz CT molecular complexity index is 929. The Labute approximate surface area is 181 Å². The molecule has 2 heterocycles. The largest absolute Gasteiger partial charge is 0.433 e. The lowest BCUT2D eigenvalue weighted by atomic mass is 9.99. The highest BCUT2D eigenvalue weighted by Crippen LogP contribution is 2.22. The monoisotopic (exact) mass is 431 g/mol. The molecule has 0 saturated carbocycles. The van der Waals surface area contributed by atoms with Crippen LogP contribution in [0.3, 0.4) is 0 Å². The van der Waals surface area contributed by atoms with Crippen molar-refractivity contribution in [2.24, 2.45) is 10.9 Å². The molecule has 2 N–H and O–H groups in total. The van der Waals surface area contributed by atoms with Crippen LogP contribution in [-0.2, 0) is 13.0 Å². The molecular weight excluding hydrogens is 403 g/mol. The van der Waals surface area contributed by atoms with Crippen LogP contribution in [0, 0.1) is 11.3 Å². The average molecular weight is 432 g/mol. The first-order valence-electron chi connectivity index (χ1n) is 10.2. The standard InChI is InChI=1S/C23H28F3N5/c1-16(14-31-11-9-18-6-4-5-7-19(18)15-31)13-30(3)17(2)20(27)12-22-28-10-8-21(29-22)23(24,25)26/h4-8,10,12,16,27-28H,2,9,11,13-15H2,1,3H3/b22-12+,27-20?. The van der Waals surface area contributed by atoms with Crippen molar-refractivity contribution in [1.29, 1.82) is 5.41 Å². The molecule has 0 bridgehead atoms. The van der Waals surface area contributed by atoms with Crippen LogP contribution < -0.4 is 5.32 Å². The van der Waals surface area contributed by atoms with Crippen LogP contribution in [-0.4, -0.2) is 54.1 Å². The molecule has 166 valence electrons. The number of rotatable bonds is 7. The highest BCUT2D eigenvalue weighted by Gasteiger charge is 2.35. The van der Waals surface area contributed by atoms with E-state index in [2.05, 4.69) is 53.0 Å². The minimum Gasteiger partial charge on any atom is -0.373 e. The van der Waals surface area contributed by atoms with Crippen LogP contribution in [0.4, 0.5) is 13.2 Å². The van der Waals surface area contributed by atoms with E-state index in [1.54, 1.807) is 0 Å². The number of nitrogens with one attached hydrogen (secondary N) is 2. The number of hydrogen-bond donors (Lipinski definition) is 2. The van der Waals surface area contributed by atoms with Gasteiger partial charge in [0.15, 0.2) is 0 Å². The third-order valence-electron chi connectivity index (χ3n) is 5.42. The van der Waals surface area contributed by atoms with Gasteiger partial charge in [-0.25, -0.2) is 4.99 Å². The Balaban J connectivity index is 1.53. The fraction of sp³-hybridized carbons (Fsp3) is 0.391. The molecule has 2 aliphatic rings. The first kappa shape index (κ1) is 22.8. The quantitative estimate of drug-likeness (QED) is 0.639. The van der Waals surface area contributed by atoms with Gasteiger partial charge in [-0.05, 0) is 29.5 Å². The molecule has 0 spiro atoms. The van der Waals surface area contributed by atoms with E-state index in [1.807, 2.05) is 11.9 Å². The Hall–Kier alpha value is -2.87. The maximum Gasteiger partial charge on any atom is 0.433 e. The van der Waals surface area contributed by atoms with Crippen molar-refractivity contribution in [3.05, 3.63) is 71.8 Å². The normalized spacial score (nSPS) is 18.7. The summed E-state index contributed by atoms with van der Waals surface area (Å²) in [6.45, 7) is 9.66. The van der Waals surface area contributed by atoms with Gasteiger partial charge in [0, 0.05) is 45.5 Å². The third kappa shape index (κ3) is 6.07. The molecule has 3 rings (SSSR count). The van der Waals surface area contributed by atoms with Gasteiger partial charge in [0.25, 0.3) is 0 Å². The molecule has 0 fully saturated rings. The van der Waals surface area contributed by atoms with E-state index in [0.29, 0.717) is 18.2 Å². The molecule has 1 atom stereocenters. The van der Waals surface area contributed by atoms with Gasteiger partial charge >= 0.3 is 6.18 Å². The molecule has 0 aliphatic carbocycles. The van der Waals surface area contributed by atoms with Crippen molar-refractivity contribution in [3.8, 4) is 0 Å².